The van der Waals surface area contributed by atoms with E-state index in [1.807, 2.05) is 12.1 Å². The van der Waals surface area contributed by atoms with Crippen LogP contribution < -0.4 is 0 Å². The number of carbonyl (C=O) groups is 1. The van der Waals surface area contributed by atoms with Gasteiger partial charge in [-0.15, -0.1) is 10.2 Å². The third kappa shape index (κ3) is 2.82. The number of benzene rings is 1. The molecule has 17 heavy (non-hydrogen) atoms. The van der Waals surface area contributed by atoms with Gasteiger partial charge in [0, 0.05) is 6.42 Å². The Morgan fingerprint density at radius 2 is 2.06 bits per heavy atom. The third-order valence-electron chi connectivity index (χ3n) is 2.34. The van der Waals surface area contributed by atoms with Crippen molar-refractivity contribution < 1.29 is 9.90 Å². The van der Waals surface area contributed by atoms with E-state index in [4.69, 9.17) is 16.7 Å². The Bertz CT molecular complexity index is 526. The molecule has 6 heteroatoms. The molecule has 5 nitrogen and oxygen atoms in total. The van der Waals surface area contributed by atoms with Crippen molar-refractivity contribution in [2.45, 2.75) is 12.8 Å². The molecule has 0 saturated carbocycles. The van der Waals surface area contributed by atoms with E-state index in [0.717, 1.165) is 11.3 Å². The number of halogens is 1. The highest BCUT2D eigenvalue weighted by Crippen LogP contribution is 2.21. The molecule has 2 rings (SSSR count). The van der Waals surface area contributed by atoms with Crippen LogP contribution in [0.5, 0.6) is 0 Å². The summed E-state index contributed by atoms with van der Waals surface area (Å²) >= 11 is 6.06. The summed E-state index contributed by atoms with van der Waals surface area (Å²) in [6, 6.07) is 5.40. The van der Waals surface area contributed by atoms with E-state index in [1.165, 1.54) is 0 Å². The molecule has 1 heterocycles. The SMILES string of the molecule is O=C(O)CCc1ccc(Cl)c(-n2cnnc2)c1. The van der Waals surface area contributed by atoms with Gasteiger partial charge in [0.2, 0.25) is 0 Å². The molecule has 0 bridgehead atoms. The van der Waals surface area contributed by atoms with Gasteiger partial charge in [-0.05, 0) is 24.1 Å². The fourth-order valence-electron chi connectivity index (χ4n) is 1.49. The first-order valence-electron chi connectivity index (χ1n) is 5.02. The van der Waals surface area contributed by atoms with E-state index in [2.05, 4.69) is 10.2 Å². The molecule has 1 aromatic carbocycles. The van der Waals surface area contributed by atoms with Crippen molar-refractivity contribution in [1.29, 1.82) is 0 Å². The Morgan fingerprint density at radius 1 is 1.35 bits per heavy atom. The third-order valence-corrected chi connectivity index (χ3v) is 2.65. The number of aryl methyl sites for hydroxylation is 1. The van der Waals surface area contributed by atoms with E-state index < -0.39 is 5.97 Å². The minimum Gasteiger partial charge on any atom is -0.481 e. The van der Waals surface area contributed by atoms with Crippen LogP contribution in [0, 0.1) is 0 Å². The number of carboxylic acid groups (broad SMARTS) is 1. The normalized spacial score (nSPS) is 10.4. The van der Waals surface area contributed by atoms with E-state index in [1.54, 1.807) is 23.3 Å². The smallest absolute Gasteiger partial charge is 0.303 e. The number of hydrogen-bond acceptors (Lipinski definition) is 3. The van der Waals surface area contributed by atoms with Crippen molar-refractivity contribution in [2.24, 2.45) is 0 Å². The second-order valence-electron chi connectivity index (χ2n) is 3.55. The molecule has 0 aliphatic rings. The highest BCUT2D eigenvalue weighted by molar-refractivity contribution is 6.32. The van der Waals surface area contributed by atoms with Gasteiger partial charge >= 0.3 is 5.97 Å². The summed E-state index contributed by atoms with van der Waals surface area (Å²) < 4.78 is 1.69. The summed E-state index contributed by atoms with van der Waals surface area (Å²) in [6.07, 6.45) is 3.66. The molecular formula is C11H10ClN3O2. The lowest BCUT2D eigenvalue weighted by molar-refractivity contribution is -0.136. The average molecular weight is 252 g/mol. The maximum Gasteiger partial charge on any atom is 0.303 e. The fourth-order valence-corrected chi connectivity index (χ4v) is 1.70. The molecule has 0 saturated heterocycles. The molecule has 88 valence electrons. The zero-order valence-electron chi connectivity index (χ0n) is 8.88. The van der Waals surface area contributed by atoms with Gasteiger partial charge in [0.05, 0.1) is 10.7 Å². The molecule has 0 spiro atoms. The molecular weight excluding hydrogens is 242 g/mol. The first-order chi connectivity index (χ1) is 8.16. The predicted molar refractivity (Wildman–Crippen MR) is 62.3 cm³/mol. The minimum absolute atomic E-state index is 0.100. The van der Waals surface area contributed by atoms with Crippen molar-refractivity contribution in [3.8, 4) is 5.69 Å². The zero-order chi connectivity index (χ0) is 12.3. The van der Waals surface area contributed by atoms with Gasteiger partial charge in [-0.2, -0.15) is 0 Å². The van der Waals surface area contributed by atoms with Crippen LogP contribution in [0.4, 0.5) is 0 Å². The summed E-state index contributed by atoms with van der Waals surface area (Å²) in [5.41, 5.74) is 1.67. The molecule has 2 aromatic rings. The molecule has 0 atom stereocenters. The Kier molecular flexibility index (Phi) is 3.39. The molecule has 0 unspecified atom stereocenters. The van der Waals surface area contributed by atoms with Gasteiger partial charge < -0.3 is 5.11 Å². The fraction of sp³-hybridized carbons (Fsp3) is 0.182. The van der Waals surface area contributed by atoms with Crippen LogP contribution in [0.15, 0.2) is 30.9 Å². The van der Waals surface area contributed by atoms with Gasteiger partial charge in [0.25, 0.3) is 0 Å². The summed E-state index contributed by atoms with van der Waals surface area (Å²) in [4.78, 5) is 10.5. The standard InChI is InChI=1S/C11H10ClN3O2/c12-9-3-1-8(2-4-11(16)17)5-10(9)15-6-13-14-7-15/h1,3,5-7H,2,4H2,(H,16,17). The van der Waals surface area contributed by atoms with E-state index >= 15 is 0 Å². The van der Waals surface area contributed by atoms with E-state index in [0.29, 0.717) is 11.4 Å². The zero-order valence-corrected chi connectivity index (χ0v) is 9.63. The molecule has 1 N–H and O–H groups in total. The monoisotopic (exact) mass is 251 g/mol. The molecule has 1 aromatic heterocycles. The first-order valence-corrected chi connectivity index (χ1v) is 5.40. The van der Waals surface area contributed by atoms with Crippen LogP contribution in [0.1, 0.15) is 12.0 Å². The van der Waals surface area contributed by atoms with Crippen LogP contribution in [-0.2, 0) is 11.2 Å². The highest BCUT2D eigenvalue weighted by atomic mass is 35.5. The Balaban J connectivity index is 2.27. The summed E-state index contributed by atoms with van der Waals surface area (Å²) in [7, 11) is 0. The van der Waals surface area contributed by atoms with Gasteiger partial charge in [-0.1, -0.05) is 17.7 Å². The summed E-state index contributed by atoms with van der Waals surface area (Å²) in [6.45, 7) is 0. The lowest BCUT2D eigenvalue weighted by atomic mass is 10.1. The number of hydrogen-bond donors (Lipinski definition) is 1. The molecule has 0 fully saturated rings. The molecule has 0 aliphatic carbocycles. The maximum atomic E-state index is 10.5. The Labute approximate surface area is 103 Å². The van der Waals surface area contributed by atoms with Crippen molar-refractivity contribution in [3.05, 3.63) is 41.4 Å². The number of aliphatic carboxylic acids is 1. The van der Waals surface area contributed by atoms with Gasteiger partial charge in [0.1, 0.15) is 12.7 Å². The second kappa shape index (κ2) is 4.97. The summed E-state index contributed by atoms with van der Waals surface area (Å²) in [5, 5.41) is 16.6. The van der Waals surface area contributed by atoms with Crippen LogP contribution in [0.3, 0.4) is 0 Å². The topological polar surface area (TPSA) is 68.0 Å². The minimum atomic E-state index is -0.814. The van der Waals surface area contributed by atoms with Crippen molar-refractivity contribution in [1.82, 2.24) is 14.8 Å². The van der Waals surface area contributed by atoms with Crippen LogP contribution in [0.2, 0.25) is 5.02 Å². The average Bonchev–Trinajstić information content (AvgIpc) is 2.81. The van der Waals surface area contributed by atoms with Crippen LogP contribution in [-0.4, -0.2) is 25.8 Å². The maximum absolute atomic E-state index is 10.5. The summed E-state index contributed by atoms with van der Waals surface area (Å²) in [5.74, 6) is -0.814. The molecule has 0 amide bonds. The van der Waals surface area contributed by atoms with Crippen LogP contribution >= 0.6 is 11.6 Å². The Hall–Kier alpha value is -1.88. The van der Waals surface area contributed by atoms with Crippen LogP contribution in [0.25, 0.3) is 5.69 Å². The Morgan fingerprint density at radius 3 is 2.71 bits per heavy atom. The lowest BCUT2D eigenvalue weighted by Gasteiger charge is -2.07. The quantitative estimate of drug-likeness (QED) is 0.902. The van der Waals surface area contributed by atoms with Crippen molar-refractivity contribution in [3.63, 3.8) is 0 Å². The number of rotatable bonds is 4. The van der Waals surface area contributed by atoms with Gasteiger partial charge in [0.15, 0.2) is 0 Å². The number of nitrogens with zero attached hydrogens (tertiary/aromatic N) is 3. The van der Waals surface area contributed by atoms with Crippen molar-refractivity contribution >= 4 is 17.6 Å². The van der Waals surface area contributed by atoms with Gasteiger partial charge in [-0.3, -0.25) is 9.36 Å². The molecule has 0 radical (unpaired) electrons. The number of carboxylic acids is 1. The first kappa shape index (κ1) is 11.6. The predicted octanol–water partition coefficient (Wildman–Crippen LogP) is 1.94. The van der Waals surface area contributed by atoms with Gasteiger partial charge in [-0.25, -0.2) is 0 Å². The largest absolute Gasteiger partial charge is 0.481 e. The lowest BCUT2D eigenvalue weighted by Crippen LogP contribution is -1.99. The molecule has 0 aliphatic heterocycles. The second-order valence-corrected chi connectivity index (χ2v) is 3.96. The van der Waals surface area contributed by atoms with E-state index in [9.17, 15) is 4.79 Å². The van der Waals surface area contributed by atoms with E-state index in [-0.39, 0.29) is 6.42 Å². The highest BCUT2D eigenvalue weighted by Gasteiger charge is 2.06. The number of aromatic nitrogens is 3. The van der Waals surface area contributed by atoms with Crippen molar-refractivity contribution in [2.75, 3.05) is 0 Å².